The molecule has 25 nitrogen and oxygen atoms in total. The van der Waals surface area contributed by atoms with Crippen LogP contribution in [0, 0.1) is 0 Å². The van der Waals surface area contributed by atoms with Crippen molar-refractivity contribution in [3.8, 4) is 23.0 Å². The Bertz CT molecular complexity index is 2880. The number of carbonyl (C=O) groups is 6. The number of nitrogens with one attached hydrogen (secondary N) is 3. The van der Waals surface area contributed by atoms with Gasteiger partial charge in [-0.05, 0) is 139 Å². The quantitative estimate of drug-likeness (QED) is 0.0349. The van der Waals surface area contributed by atoms with E-state index >= 15 is 0 Å². The van der Waals surface area contributed by atoms with Crippen LogP contribution in [-0.2, 0) is 50.9 Å². The van der Waals surface area contributed by atoms with Gasteiger partial charge in [0.15, 0.2) is 5.69 Å². The van der Waals surface area contributed by atoms with E-state index in [4.69, 9.17) is 28.7 Å². The van der Waals surface area contributed by atoms with Crippen molar-refractivity contribution in [1.82, 2.24) is 55.4 Å². The molecule has 94 heavy (non-hydrogen) atoms. The summed E-state index contributed by atoms with van der Waals surface area (Å²) in [4.78, 5) is 104. The molecule has 3 amide bonds. The van der Waals surface area contributed by atoms with E-state index in [2.05, 4.69) is 30.8 Å². The molecular weight excluding hydrogens is 1230 g/mol. The van der Waals surface area contributed by atoms with Crippen LogP contribution in [0.5, 0.6) is 11.8 Å². The van der Waals surface area contributed by atoms with Gasteiger partial charge in [0.05, 0.1) is 86.2 Å². The van der Waals surface area contributed by atoms with Crippen molar-refractivity contribution >= 4 is 41.3 Å². The van der Waals surface area contributed by atoms with Gasteiger partial charge in [0.2, 0.25) is 23.6 Å². The second kappa shape index (κ2) is 36.9. The third-order valence-electron chi connectivity index (χ3n) is 15.0. The van der Waals surface area contributed by atoms with Crippen molar-refractivity contribution < 1.29 is 75.8 Å². The molecule has 2 aliphatic rings. The number of pyridine rings is 3. The molecule has 5 N–H and O–H groups in total. The van der Waals surface area contributed by atoms with E-state index in [-0.39, 0.29) is 103 Å². The molecule has 526 valence electrons. The van der Waals surface area contributed by atoms with Gasteiger partial charge in [-0.25, -0.2) is 15.0 Å². The highest BCUT2D eigenvalue weighted by Crippen LogP contribution is 2.35. The lowest BCUT2D eigenvalue weighted by atomic mass is 10.0. The first kappa shape index (κ1) is 77.9. The molecule has 2 saturated heterocycles. The van der Waals surface area contributed by atoms with Crippen molar-refractivity contribution in [3.05, 3.63) is 59.5 Å². The summed E-state index contributed by atoms with van der Waals surface area (Å²) in [6.45, 7) is 26.6. The van der Waals surface area contributed by atoms with Crippen LogP contribution in [0.3, 0.4) is 0 Å². The number of aliphatic hydroxyl groups excluding tert-OH is 2. The summed E-state index contributed by atoms with van der Waals surface area (Å²) in [5.74, 6) is -2.57. The standard InChI is InChI=1S/C66H103F3N12O13/c1-13-46-41-80(62(89)50-19-22-56(90-14-2)75-60(50)66(67,68)69)36-37-81(46)53-21-20-51(49-18-16-25-73-61(49)91-15-3)74-52(53)40-70-24-17-26-71-54(84)39-48(83)38-47(82)23-27-72-55(85)42-76-28-30-77(43-57(86)92-63(4,5)6)32-34-79(45-59(88)94-65(10,11)12)35-33-78(31-29-76)44-58(87)93-64(7,8)9/h16,18-22,25,46-48,70,82-83H,13-15,17,23-24,26-45H2,1-12H3,(H,71,84)(H,72,85)/t46-,47-,48-/m1/s1. The van der Waals surface area contributed by atoms with Gasteiger partial charge in [-0.1, -0.05) is 6.92 Å². The Hall–Kier alpha value is -6.82. The number of nitrogens with zero attached hydrogens (tertiary/aromatic N) is 9. The van der Waals surface area contributed by atoms with Crippen LogP contribution < -0.4 is 30.3 Å². The zero-order chi connectivity index (χ0) is 69.4. The highest BCUT2D eigenvalue weighted by atomic mass is 19.4. The predicted octanol–water partition coefficient (Wildman–Crippen LogP) is 4.95. The molecule has 0 radical (unpaired) electrons. The summed E-state index contributed by atoms with van der Waals surface area (Å²) in [5, 5.41) is 30.9. The number of esters is 3. The first-order valence-corrected chi connectivity index (χ1v) is 32.7. The van der Waals surface area contributed by atoms with E-state index in [9.17, 15) is 52.2 Å². The van der Waals surface area contributed by atoms with Crippen LogP contribution in [0.1, 0.15) is 137 Å². The van der Waals surface area contributed by atoms with Crippen molar-refractivity contribution in [3.63, 3.8) is 0 Å². The van der Waals surface area contributed by atoms with E-state index in [1.807, 2.05) is 51.6 Å². The number of amides is 3. The van der Waals surface area contributed by atoms with Crippen LogP contribution in [0.4, 0.5) is 18.9 Å². The summed E-state index contributed by atoms with van der Waals surface area (Å²) in [5.41, 5.74) is -1.26. The van der Waals surface area contributed by atoms with Crippen molar-refractivity contribution in [2.45, 2.75) is 163 Å². The number of piperazine rings is 1. The molecule has 5 rings (SSSR count). The third kappa shape index (κ3) is 27.9. The summed E-state index contributed by atoms with van der Waals surface area (Å²) in [6, 6.07) is 9.54. The molecule has 5 heterocycles. The summed E-state index contributed by atoms with van der Waals surface area (Å²) >= 11 is 0. The van der Waals surface area contributed by atoms with Gasteiger partial charge in [-0.2, -0.15) is 13.2 Å². The fourth-order valence-electron chi connectivity index (χ4n) is 10.8. The normalized spacial score (nSPS) is 17.1. The minimum atomic E-state index is -4.89. The second-order valence-electron chi connectivity index (χ2n) is 26.6. The van der Waals surface area contributed by atoms with E-state index in [1.165, 1.54) is 11.0 Å². The average molecular weight is 1330 g/mol. The molecular formula is C66H103F3N12O13. The van der Waals surface area contributed by atoms with E-state index in [0.29, 0.717) is 108 Å². The Kier molecular flexibility index (Phi) is 30.6. The Labute approximate surface area is 552 Å². The van der Waals surface area contributed by atoms with Crippen LogP contribution in [0.2, 0.25) is 0 Å². The van der Waals surface area contributed by atoms with Gasteiger partial charge < -0.3 is 59.6 Å². The molecule has 3 atom stereocenters. The minimum Gasteiger partial charge on any atom is -0.478 e. The number of hydrogen-bond acceptors (Lipinski definition) is 22. The smallest absolute Gasteiger partial charge is 0.434 e. The lowest BCUT2D eigenvalue weighted by molar-refractivity contribution is -0.158. The van der Waals surface area contributed by atoms with Gasteiger partial charge >= 0.3 is 24.1 Å². The van der Waals surface area contributed by atoms with E-state index < -0.39 is 76.2 Å². The number of aromatic nitrogens is 3. The Balaban J connectivity index is 1.13. The van der Waals surface area contributed by atoms with Gasteiger partial charge in [-0.15, -0.1) is 0 Å². The molecule has 2 aliphatic heterocycles. The first-order valence-electron chi connectivity index (χ1n) is 32.7. The topological polar surface area (TPSA) is 283 Å². The number of aliphatic hydroxyl groups is 2. The molecule has 0 aliphatic carbocycles. The molecule has 3 aromatic rings. The maximum Gasteiger partial charge on any atom is 0.434 e. The number of hydrogen-bond donors (Lipinski definition) is 5. The monoisotopic (exact) mass is 1330 g/mol. The van der Waals surface area contributed by atoms with Crippen LogP contribution in [-0.4, -0.2) is 251 Å². The van der Waals surface area contributed by atoms with Crippen LogP contribution >= 0.6 is 0 Å². The summed E-state index contributed by atoms with van der Waals surface area (Å²) in [6.07, 6.45) is -4.70. The number of halogens is 3. The summed E-state index contributed by atoms with van der Waals surface area (Å²) < 4.78 is 70.7. The largest absolute Gasteiger partial charge is 0.478 e. The number of anilines is 1. The number of alkyl halides is 3. The minimum absolute atomic E-state index is 0.00516. The van der Waals surface area contributed by atoms with Crippen molar-refractivity contribution in [2.24, 2.45) is 0 Å². The lowest BCUT2D eigenvalue weighted by Crippen LogP contribution is -2.55. The van der Waals surface area contributed by atoms with Crippen molar-refractivity contribution in [2.75, 3.05) is 136 Å². The van der Waals surface area contributed by atoms with Crippen LogP contribution in [0.25, 0.3) is 11.3 Å². The Morgan fingerprint density at radius 2 is 1.17 bits per heavy atom. The van der Waals surface area contributed by atoms with Crippen molar-refractivity contribution in [1.29, 1.82) is 0 Å². The average Bonchev–Trinajstić information content (AvgIpc) is 0.785. The fraction of sp³-hybridized carbons (Fsp3) is 0.682. The molecule has 0 spiro atoms. The Morgan fingerprint density at radius 1 is 0.628 bits per heavy atom. The molecule has 0 unspecified atom stereocenters. The summed E-state index contributed by atoms with van der Waals surface area (Å²) in [7, 11) is 0. The van der Waals surface area contributed by atoms with Gasteiger partial charge in [0.25, 0.3) is 5.91 Å². The molecule has 3 aromatic heterocycles. The zero-order valence-electron chi connectivity index (χ0n) is 57.2. The predicted molar refractivity (Wildman–Crippen MR) is 348 cm³/mol. The number of carbonyl (C=O) groups excluding carboxylic acids is 6. The second-order valence-corrected chi connectivity index (χ2v) is 26.6. The zero-order valence-corrected chi connectivity index (χ0v) is 57.2. The van der Waals surface area contributed by atoms with E-state index in [1.54, 1.807) is 81.5 Å². The molecule has 0 aromatic carbocycles. The van der Waals surface area contributed by atoms with Gasteiger partial charge in [-0.3, -0.25) is 48.4 Å². The van der Waals surface area contributed by atoms with Crippen LogP contribution in [0.15, 0.2) is 42.6 Å². The fourth-order valence-corrected chi connectivity index (χ4v) is 10.8. The number of rotatable bonds is 29. The third-order valence-corrected chi connectivity index (χ3v) is 15.0. The molecule has 0 saturated carbocycles. The number of ether oxygens (including phenoxy) is 5. The highest BCUT2D eigenvalue weighted by Gasteiger charge is 2.40. The Morgan fingerprint density at radius 3 is 1.69 bits per heavy atom. The maximum absolute atomic E-state index is 14.2. The van der Waals surface area contributed by atoms with Gasteiger partial charge in [0.1, 0.15) is 16.8 Å². The molecule has 0 bridgehead atoms. The maximum atomic E-state index is 14.2. The van der Waals surface area contributed by atoms with Gasteiger partial charge in [0, 0.05) is 110 Å². The highest BCUT2D eigenvalue weighted by molar-refractivity contribution is 5.96. The molecule has 28 heteroatoms. The molecule has 2 fully saturated rings. The lowest BCUT2D eigenvalue weighted by Gasteiger charge is -2.43. The first-order chi connectivity index (χ1) is 44.2. The SMILES string of the molecule is CCOc1ccc(C(=O)N2CCN(c3ccc(-c4cccnc4OCC)nc3CNCCCNC(=O)C[C@H](O)C[C@H](O)CCNC(=O)CN3CCN(CC(=O)OC(C)(C)C)CCN(CC(=O)OC(C)(C)C)CCN(CC(=O)OC(C)(C)C)CC3)[C@H](CC)C2)c(C(F)(F)F)n1. The van der Waals surface area contributed by atoms with E-state index in [0.717, 1.165) is 11.8 Å².